The highest BCUT2D eigenvalue weighted by Gasteiger charge is 2.40. The molecule has 3 rings (SSSR count). The summed E-state index contributed by atoms with van der Waals surface area (Å²) in [6.07, 6.45) is 2.80. The van der Waals surface area contributed by atoms with E-state index in [1.54, 1.807) is 0 Å². The number of carbonyl (C=O) groups excluding carboxylic acids is 1. The molecule has 1 heterocycles. The molecule has 106 valence electrons. The van der Waals surface area contributed by atoms with Crippen LogP contribution in [0.2, 0.25) is 0 Å². The molecule has 0 bridgehead atoms. The second kappa shape index (κ2) is 5.17. The standard InChI is InChI=1S/C18H23NO/c1-14-16-9-11-19(12-15-6-4-3-5-7-15)13-18(16,2)10-8-17(14)20/h3-7H,8-13H2,1-2H3/t18-/m1/s1. The molecule has 2 aliphatic rings. The van der Waals surface area contributed by atoms with Crippen molar-refractivity contribution in [2.45, 2.75) is 39.7 Å². The summed E-state index contributed by atoms with van der Waals surface area (Å²) in [4.78, 5) is 14.4. The number of nitrogens with zero attached hydrogens (tertiary/aromatic N) is 1. The van der Waals surface area contributed by atoms with E-state index in [0.717, 1.165) is 44.5 Å². The Morgan fingerprint density at radius 2 is 1.95 bits per heavy atom. The van der Waals surface area contributed by atoms with Crippen molar-refractivity contribution in [2.24, 2.45) is 5.41 Å². The molecule has 0 aromatic heterocycles. The Balaban J connectivity index is 1.77. The number of allylic oxidation sites excluding steroid dienone is 1. The SMILES string of the molecule is CC1=C2CCN(Cc3ccccc3)C[C@@]2(C)CCC1=O. The maximum Gasteiger partial charge on any atom is 0.158 e. The molecule has 20 heavy (non-hydrogen) atoms. The topological polar surface area (TPSA) is 20.3 Å². The maximum absolute atomic E-state index is 11.9. The van der Waals surface area contributed by atoms with E-state index in [1.165, 1.54) is 11.1 Å². The van der Waals surface area contributed by atoms with Crippen molar-refractivity contribution in [1.29, 1.82) is 0 Å². The number of ketones is 1. The van der Waals surface area contributed by atoms with Gasteiger partial charge in [0.1, 0.15) is 0 Å². The molecule has 1 aromatic rings. The molecule has 0 radical (unpaired) electrons. The predicted molar refractivity (Wildman–Crippen MR) is 81.4 cm³/mol. The molecule has 1 aliphatic heterocycles. The molecule has 0 N–H and O–H groups in total. The molecule has 1 aromatic carbocycles. The smallest absolute Gasteiger partial charge is 0.158 e. The number of carbonyl (C=O) groups is 1. The van der Waals surface area contributed by atoms with Crippen LogP contribution in [-0.4, -0.2) is 23.8 Å². The fraction of sp³-hybridized carbons (Fsp3) is 0.500. The molecule has 1 fully saturated rings. The summed E-state index contributed by atoms with van der Waals surface area (Å²) in [6.45, 7) is 7.56. The van der Waals surface area contributed by atoms with Crippen LogP contribution in [0.4, 0.5) is 0 Å². The lowest BCUT2D eigenvalue weighted by Gasteiger charge is -2.45. The van der Waals surface area contributed by atoms with Crippen LogP contribution < -0.4 is 0 Å². The van der Waals surface area contributed by atoms with Gasteiger partial charge in [0.05, 0.1) is 0 Å². The van der Waals surface area contributed by atoms with Crippen molar-refractivity contribution in [3.63, 3.8) is 0 Å². The van der Waals surface area contributed by atoms with Gasteiger partial charge in [0.25, 0.3) is 0 Å². The van der Waals surface area contributed by atoms with Gasteiger partial charge in [-0.2, -0.15) is 0 Å². The lowest BCUT2D eigenvalue weighted by atomic mass is 9.67. The molecule has 2 heteroatoms. The number of fused-ring (bicyclic) bond motifs is 1. The summed E-state index contributed by atoms with van der Waals surface area (Å²) in [5, 5.41) is 0. The van der Waals surface area contributed by atoms with Crippen molar-refractivity contribution in [3.05, 3.63) is 47.0 Å². The molecule has 0 spiro atoms. The molecular weight excluding hydrogens is 246 g/mol. The molecule has 0 amide bonds. The lowest BCUT2D eigenvalue weighted by molar-refractivity contribution is -0.117. The van der Waals surface area contributed by atoms with Crippen molar-refractivity contribution >= 4 is 5.78 Å². The Labute approximate surface area is 121 Å². The van der Waals surface area contributed by atoms with E-state index in [2.05, 4.69) is 42.2 Å². The highest BCUT2D eigenvalue weighted by Crippen LogP contribution is 2.44. The third-order valence-electron chi connectivity index (χ3n) is 5.00. The Morgan fingerprint density at radius 3 is 2.70 bits per heavy atom. The Kier molecular flexibility index (Phi) is 3.51. The zero-order valence-electron chi connectivity index (χ0n) is 12.5. The number of benzene rings is 1. The summed E-state index contributed by atoms with van der Waals surface area (Å²) in [5.41, 5.74) is 4.08. The number of piperidine rings is 1. The lowest BCUT2D eigenvalue weighted by Crippen LogP contribution is -2.45. The van der Waals surface area contributed by atoms with Crippen LogP contribution >= 0.6 is 0 Å². The zero-order chi connectivity index (χ0) is 14.2. The predicted octanol–water partition coefficient (Wildman–Crippen LogP) is 3.58. The quantitative estimate of drug-likeness (QED) is 0.818. The summed E-state index contributed by atoms with van der Waals surface area (Å²) >= 11 is 0. The van der Waals surface area contributed by atoms with Gasteiger partial charge in [0.2, 0.25) is 0 Å². The molecule has 1 atom stereocenters. The Morgan fingerprint density at radius 1 is 1.20 bits per heavy atom. The maximum atomic E-state index is 11.9. The van der Waals surface area contributed by atoms with Crippen molar-refractivity contribution in [3.8, 4) is 0 Å². The third kappa shape index (κ3) is 2.45. The van der Waals surface area contributed by atoms with Crippen LogP contribution in [0.15, 0.2) is 41.5 Å². The largest absolute Gasteiger partial charge is 0.298 e. The Bertz CT molecular complexity index is 546. The summed E-state index contributed by atoms with van der Waals surface area (Å²) in [6, 6.07) is 10.7. The first kappa shape index (κ1) is 13.6. The number of rotatable bonds is 2. The summed E-state index contributed by atoms with van der Waals surface area (Å²) in [5.74, 6) is 0.369. The first-order valence-electron chi connectivity index (χ1n) is 7.58. The minimum Gasteiger partial charge on any atom is -0.298 e. The number of Topliss-reactive ketones (excluding diaryl/α,β-unsaturated/α-hetero) is 1. The normalized spacial score (nSPS) is 27.6. The average Bonchev–Trinajstić information content (AvgIpc) is 2.44. The van der Waals surface area contributed by atoms with E-state index in [9.17, 15) is 4.79 Å². The average molecular weight is 269 g/mol. The monoisotopic (exact) mass is 269 g/mol. The van der Waals surface area contributed by atoms with Gasteiger partial charge in [-0.15, -0.1) is 0 Å². The first-order valence-corrected chi connectivity index (χ1v) is 7.58. The van der Waals surface area contributed by atoms with Gasteiger partial charge in [0.15, 0.2) is 5.78 Å². The summed E-state index contributed by atoms with van der Waals surface area (Å²) in [7, 11) is 0. The minimum atomic E-state index is 0.213. The van der Waals surface area contributed by atoms with Crippen LogP contribution in [0.1, 0.15) is 38.7 Å². The van der Waals surface area contributed by atoms with Crippen LogP contribution in [0, 0.1) is 5.41 Å². The molecule has 2 nitrogen and oxygen atoms in total. The van der Waals surface area contributed by atoms with E-state index in [-0.39, 0.29) is 5.41 Å². The second-order valence-corrected chi connectivity index (χ2v) is 6.53. The first-order chi connectivity index (χ1) is 9.58. The molecular formula is C18H23NO. The van der Waals surface area contributed by atoms with E-state index < -0.39 is 0 Å². The van der Waals surface area contributed by atoms with Gasteiger partial charge in [-0.05, 0) is 30.9 Å². The van der Waals surface area contributed by atoms with Crippen LogP contribution in [0.25, 0.3) is 0 Å². The minimum absolute atomic E-state index is 0.213. The van der Waals surface area contributed by atoms with Gasteiger partial charge in [-0.1, -0.05) is 42.8 Å². The second-order valence-electron chi connectivity index (χ2n) is 6.53. The van der Waals surface area contributed by atoms with Gasteiger partial charge in [0, 0.05) is 31.5 Å². The number of likely N-dealkylation sites (tertiary alicyclic amines) is 1. The van der Waals surface area contributed by atoms with E-state index in [4.69, 9.17) is 0 Å². The van der Waals surface area contributed by atoms with Gasteiger partial charge in [-0.3, -0.25) is 9.69 Å². The molecule has 0 saturated carbocycles. The van der Waals surface area contributed by atoms with Crippen LogP contribution in [-0.2, 0) is 11.3 Å². The van der Waals surface area contributed by atoms with E-state index in [1.807, 2.05) is 6.92 Å². The highest BCUT2D eigenvalue weighted by molar-refractivity contribution is 5.96. The van der Waals surface area contributed by atoms with Crippen molar-refractivity contribution < 1.29 is 4.79 Å². The molecule has 1 saturated heterocycles. The van der Waals surface area contributed by atoms with Crippen molar-refractivity contribution in [2.75, 3.05) is 13.1 Å². The number of hydrogen-bond acceptors (Lipinski definition) is 2. The fourth-order valence-electron chi connectivity index (χ4n) is 3.83. The van der Waals surface area contributed by atoms with E-state index in [0.29, 0.717) is 5.78 Å². The zero-order valence-corrected chi connectivity index (χ0v) is 12.5. The van der Waals surface area contributed by atoms with Crippen molar-refractivity contribution in [1.82, 2.24) is 4.90 Å². The summed E-state index contributed by atoms with van der Waals surface area (Å²) < 4.78 is 0. The van der Waals surface area contributed by atoms with Gasteiger partial charge < -0.3 is 0 Å². The number of hydrogen-bond donors (Lipinski definition) is 0. The molecule has 0 unspecified atom stereocenters. The van der Waals surface area contributed by atoms with E-state index >= 15 is 0 Å². The molecule has 1 aliphatic carbocycles. The third-order valence-corrected chi connectivity index (χ3v) is 5.00. The highest BCUT2D eigenvalue weighted by atomic mass is 16.1. The van der Waals surface area contributed by atoms with Crippen LogP contribution in [0.5, 0.6) is 0 Å². The van der Waals surface area contributed by atoms with Gasteiger partial charge >= 0.3 is 0 Å². The fourth-order valence-corrected chi connectivity index (χ4v) is 3.83. The van der Waals surface area contributed by atoms with Crippen LogP contribution in [0.3, 0.4) is 0 Å². The Hall–Kier alpha value is -1.41. The van der Waals surface area contributed by atoms with Gasteiger partial charge in [-0.25, -0.2) is 0 Å².